The molecule has 0 aliphatic heterocycles. The summed E-state index contributed by atoms with van der Waals surface area (Å²) in [5.74, 6) is 0.480. The molecule has 0 spiro atoms. The number of allylic oxidation sites excluding steroid dienone is 1. The van der Waals surface area contributed by atoms with Crippen molar-refractivity contribution >= 4 is 29.3 Å². The van der Waals surface area contributed by atoms with Gasteiger partial charge in [-0.05, 0) is 36.8 Å². The van der Waals surface area contributed by atoms with Crippen LogP contribution >= 0.6 is 11.8 Å². The highest BCUT2D eigenvalue weighted by molar-refractivity contribution is 7.99. The first-order chi connectivity index (χ1) is 14.6. The van der Waals surface area contributed by atoms with Gasteiger partial charge in [0.1, 0.15) is 0 Å². The summed E-state index contributed by atoms with van der Waals surface area (Å²) in [6.45, 7) is 6.44. The molecule has 8 heteroatoms. The Morgan fingerprint density at radius 1 is 1.13 bits per heavy atom. The standard InChI is InChI=1S/C22H23N5O2S/c1-3-12-27-19(14-23-21(29)17-9-5-4-6-10-17)25-26-22(27)30-15-20(28)24-18-11-7-8-16(2)13-18/h3-11,13H,1,12,14-15H2,2H3,(H,23,29)(H,24,28). The van der Waals surface area contributed by atoms with E-state index >= 15 is 0 Å². The Labute approximate surface area is 179 Å². The Balaban J connectivity index is 1.60. The van der Waals surface area contributed by atoms with Crippen molar-refractivity contribution in [2.75, 3.05) is 11.1 Å². The molecule has 7 nitrogen and oxygen atoms in total. The van der Waals surface area contributed by atoms with Crippen molar-refractivity contribution in [2.45, 2.75) is 25.2 Å². The van der Waals surface area contributed by atoms with E-state index in [9.17, 15) is 9.59 Å². The number of carbonyl (C=O) groups is 2. The Morgan fingerprint density at radius 3 is 2.67 bits per heavy atom. The number of amides is 2. The second-order valence-corrected chi connectivity index (χ2v) is 7.50. The number of rotatable bonds is 9. The van der Waals surface area contributed by atoms with Crippen LogP contribution in [-0.2, 0) is 17.9 Å². The molecule has 1 heterocycles. The molecule has 0 aliphatic carbocycles. The number of hydrogen-bond donors (Lipinski definition) is 2. The first-order valence-corrected chi connectivity index (χ1v) is 10.4. The summed E-state index contributed by atoms with van der Waals surface area (Å²) in [7, 11) is 0. The highest BCUT2D eigenvalue weighted by atomic mass is 32.2. The zero-order valence-electron chi connectivity index (χ0n) is 16.7. The summed E-state index contributed by atoms with van der Waals surface area (Å²) in [4.78, 5) is 24.5. The number of aryl methyl sites for hydroxylation is 1. The molecule has 2 amide bonds. The van der Waals surface area contributed by atoms with Gasteiger partial charge in [-0.1, -0.05) is 48.2 Å². The van der Waals surface area contributed by atoms with E-state index in [0.717, 1.165) is 11.3 Å². The van der Waals surface area contributed by atoms with Crippen LogP contribution in [-0.4, -0.2) is 32.3 Å². The fourth-order valence-corrected chi connectivity index (χ4v) is 3.54. The van der Waals surface area contributed by atoms with Crippen LogP contribution < -0.4 is 10.6 Å². The minimum absolute atomic E-state index is 0.127. The third-order valence-electron chi connectivity index (χ3n) is 4.18. The molecule has 3 aromatic rings. The van der Waals surface area contributed by atoms with Crippen LogP contribution in [0.3, 0.4) is 0 Å². The maximum atomic E-state index is 12.3. The molecule has 2 aromatic carbocycles. The predicted octanol–water partition coefficient (Wildman–Crippen LogP) is 3.43. The Bertz CT molecular complexity index is 1030. The van der Waals surface area contributed by atoms with Crippen LogP contribution in [0.4, 0.5) is 5.69 Å². The van der Waals surface area contributed by atoms with Crippen LogP contribution in [0.2, 0.25) is 0 Å². The Kier molecular flexibility index (Phi) is 7.40. The minimum atomic E-state index is -0.185. The van der Waals surface area contributed by atoms with E-state index in [-0.39, 0.29) is 24.1 Å². The third kappa shape index (κ3) is 5.81. The lowest BCUT2D eigenvalue weighted by Gasteiger charge is -2.09. The molecule has 0 aliphatic rings. The van der Waals surface area contributed by atoms with Crippen molar-refractivity contribution in [3.63, 3.8) is 0 Å². The first kappa shape index (κ1) is 21.3. The van der Waals surface area contributed by atoms with Gasteiger partial charge >= 0.3 is 0 Å². The van der Waals surface area contributed by atoms with E-state index in [2.05, 4.69) is 27.4 Å². The molecule has 0 saturated carbocycles. The fourth-order valence-electron chi connectivity index (χ4n) is 2.77. The Hall–Kier alpha value is -3.39. The van der Waals surface area contributed by atoms with Gasteiger partial charge in [-0.3, -0.25) is 9.59 Å². The molecule has 0 unspecified atom stereocenters. The van der Waals surface area contributed by atoms with E-state index in [0.29, 0.717) is 23.1 Å². The predicted molar refractivity (Wildman–Crippen MR) is 118 cm³/mol. The van der Waals surface area contributed by atoms with Crippen molar-refractivity contribution in [2.24, 2.45) is 0 Å². The monoisotopic (exact) mass is 421 g/mol. The van der Waals surface area contributed by atoms with Crippen molar-refractivity contribution < 1.29 is 9.59 Å². The van der Waals surface area contributed by atoms with Gasteiger partial charge < -0.3 is 15.2 Å². The van der Waals surface area contributed by atoms with Gasteiger partial charge in [0, 0.05) is 17.8 Å². The second kappa shape index (κ2) is 10.4. The molecular weight excluding hydrogens is 398 g/mol. The van der Waals surface area contributed by atoms with E-state index in [1.807, 2.05) is 54.0 Å². The number of anilines is 1. The van der Waals surface area contributed by atoms with Crippen molar-refractivity contribution in [1.82, 2.24) is 20.1 Å². The molecule has 0 radical (unpaired) electrons. The fraction of sp³-hybridized carbons (Fsp3) is 0.182. The van der Waals surface area contributed by atoms with Gasteiger partial charge in [-0.2, -0.15) is 0 Å². The van der Waals surface area contributed by atoms with Crippen LogP contribution in [0.25, 0.3) is 0 Å². The summed E-state index contributed by atoms with van der Waals surface area (Å²) in [6, 6.07) is 16.6. The lowest BCUT2D eigenvalue weighted by atomic mass is 10.2. The summed E-state index contributed by atoms with van der Waals surface area (Å²) >= 11 is 1.29. The summed E-state index contributed by atoms with van der Waals surface area (Å²) < 4.78 is 1.84. The minimum Gasteiger partial charge on any atom is -0.345 e. The number of carbonyl (C=O) groups excluding carboxylic acids is 2. The zero-order valence-corrected chi connectivity index (χ0v) is 17.5. The molecule has 30 heavy (non-hydrogen) atoms. The van der Waals surface area contributed by atoms with Gasteiger partial charge in [0.05, 0.1) is 12.3 Å². The molecule has 0 fully saturated rings. The summed E-state index contributed by atoms with van der Waals surface area (Å²) in [5, 5.41) is 14.7. The van der Waals surface area contributed by atoms with E-state index in [4.69, 9.17) is 0 Å². The SMILES string of the molecule is C=CCn1c(CNC(=O)c2ccccc2)nnc1SCC(=O)Nc1cccc(C)c1. The van der Waals surface area contributed by atoms with Crippen LogP contribution in [0.5, 0.6) is 0 Å². The zero-order chi connectivity index (χ0) is 21.3. The smallest absolute Gasteiger partial charge is 0.251 e. The highest BCUT2D eigenvalue weighted by Crippen LogP contribution is 2.18. The van der Waals surface area contributed by atoms with Crippen LogP contribution in [0.1, 0.15) is 21.7 Å². The van der Waals surface area contributed by atoms with Crippen LogP contribution in [0, 0.1) is 6.92 Å². The maximum absolute atomic E-state index is 12.3. The number of aromatic nitrogens is 3. The Morgan fingerprint density at radius 2 is 1.93 bits per heavy atom. The molecule has 3 rings (SSSR count). The first-order valence-electron chi connectivity index (χ1n) is 9.42. The van der Waals surface area contributed by atoms with Gasteiger partial charge in [0.2, 0.25) is 5.91 Å². The van der Waals surface area contributed by atoms with Gasteiger partial charge in [-0.15, -0.1) is 16.8 Å². The second-order valence-electron chi connectivity index (χ2n) is 6.55. The molecule has 1 aromatic heterocycles. The molecular formula is C22H23N5O2S. The average molecular weight is 422 g/mol. The van der Waals surface area contributed by atoms with E-state index in [1.165, 1.54) is 11.8 Å². The normalized spacial score (nSPS) is 10.4. The number of benzene rings is 2. The van der Waals surface area contributed by atoms with Crippen molar-refractivity contribution in [1.29, 1.82) is 0 Å². The number of hydrogen-bond acceptors (Lipinski definition) is 5. The summed E-state index contributed by atoms with van der Waals surface area (Å²) in [6.07, 6.45) is 1.72. The average Bonchev–Trinajstić information content (AvgIpc) is 3.13. The number of thioether (sulfide) groups is 1. The van der Waals surface area contributed by atoms with Gasteiger partial charge in [0.15, 0.2) is 11.0 Å². The van der Waals surface area contributed by atoms with Gasteiger partial charge in [-0.25, -0.2) is 0 Å². The quantitative estimate of drug-likeness (QED) is 0.408. The lowest BCUT2D eigenvalue weighted by molar-refractivity contribution is -0.113. The molecule has 0 atom stereocenters. The molecule has 2 N–H and O–H groups in total. The van der Waals surface area contributed by atoms with Crippen LogP contribution in [0.15, 0.2) is 72.4 Å². The van der Waals surface area contributed by atoms with E-state index in [1.54, 1.807) is 18.2 Å². The molecule has 0 saturated heterocycles. The maximum Gasteiger partial charge on any atom is 0.251 e. The molecule has 154 valence electrons. The number of nitrogens with one attached hydrogen (secondary N) is 2. The summed E-state index contributed by atoms with van der Waals surface area (Å²) in [5.41, 5.74) is 2.42. The lowest BCUT2D eigenvalue weighted by Crippen LogP contribution is -2.24. The van der Waals surface area contributed by atoms with E-state index < -0.39 is 0 Å². The largest absolute Gasteiger partial charge is 0.345 e. The van der Waals surface area contributed by atoms with Crippen molar-refractivity contribution in [3.8, 4) is 0 Å². The number of nitrogens with zero attached hydrogens (tertiary/aromatic N) is 3. The topological polar surface area (TPSA) is 88.9 Å². The third-order valence-corrected chi connectivity index (χ3v) is 5.15. The van der Waals surface area contributed by atoms with Crippen molar-refractivity contribution in [3.05, 3.63) is 84.2 Å². The van der Waals surface area contributed by atoms with Gasteiger partial charge in [0.25, 0.3) is 5.91 Å². The highest BCUT2D eigenvalue weighted by Gasteiger charge is 2.15. The molecule has 0 bridgehead atoms.